The van der Waals surface area contributed by atoms with Gasteiger partial charge in [-0.05, 0) is 27.7 Å². The highest BCUT2D eigenvalue weighted by Gasteiger charge is 2.13. The molecule has 0 aromatic carbocycles. The summed E-state index contributed by atoms with van der Waals surface area (Å²) in [5, 5.41) is 12.0. The lowest BCUT2D eigenvalue weighted by molar-refractivity contribution is -0.136. The number of aromatic nitrogens is 2. The predicted molar refractivity (Wildman–Crippen MR) is 75.7 cm³/mol. The molecule has 6 nitrogen and oxygen atoms in total. The van der Waals surface area contributed by atoms with Crippen LogP contribution in [0, 0.1) is 6.92 Å². The number of aryl methyl sites for hydroxylation is 1. The molecule has 0 aliphatic carbocycles. The van der Waals surface area contributed by atoms with Gasteiger partial charge in [0.1, 0.15) is 17.5 Å². The number of anilines is 2. The molecule has 0 aliphatic rings. The Morgan fingerprint density at radius 3 is 2.58 bits per heavy atom. The lowest BCUT2D eigenvalue weighted by Gasteiger charge is -2.23. The van der Waals surface area contributed by atoms with Gasteiger partial charge in [-0.3, -0.25) is 4.79 Å². The fourth-order valence-electron chi connectivity index (χ4n) is 1.57. The largest absolute Gasteiger partial charge is 0.481 e. The zero-order chi connectivity index (χ0) is 14.6. The first-order chi connectivity index (χ1) is 8.67. The van der Waals surface area contributed by atoms with E-state index in [9.17, 15) is 4.79 Å². The number of nitrogens with zero attached hydrogens (tertiary/aromatic N) is 3. The number of carboxylic acids is 1. The van der Waals surface area contributed by atoms with Gasteiger partial charge in [-0.2, -0.15) is 0 Å². The monoisotopic (exact) mass is 266 g/mol. The van der Waals surface area contributed by atoms with E-state index in [1.165, 1.54) is 0 Å². The summed E-state index contributed by atoms with van der Waals surface area (Å²) in [5.74, 6) is 1.31. The first kappa shape index (κ1) is 15.2. The van der Waals surface area contributed by atoms with Crippen LogP contribution in [-0.4, -0.2) is 40.2 Å². The Hall–Kier alpha value is -1.85. The molecular formula is C13H22N4O2. The van der Waals surface area contributed by atoms with Gasteiger partial charge in [-0.1, -0.05) is 0 Å². The minimum atomic E-state index is -0.814. The molecule has 0 saturated carbocycles. The highest BCUT2D eigenvalue weighted by Crippen LogP contribution is 2.18. The van der Waals surface area contributed by atoms with Crippen molar-refractivity contribution in [1.82, 2.24) is 9.97 Å². The van der Waals surface area contributed by atoms with E-state index in [1.807, 2.05) is 24.9 Å². The van der Waals surface area contributed by atoms with Gasteiger partial charge in [0.05, 0.1) is 6.42 Å². The van der Waals surface area contributed by atoms with Gasteiger partial charge in [-0.25, -0.2) is 9.97 Å². The van der Waals surface area contributed by atoms with Crippen LogP contribution in [0.4, 0.5) is 11.6 Å². The number of hydrogen-bond acceptors (Lipinski definition) is 5. The highest BCUT2D eigenvalue weighted by molar-refractivity contribution is 5.67. The zero-order valence-electron chi connectivity index (χ0n) is 12.2. The Kier molecular flexibility index (Phi) is 4.69. The van der Waals surface area contributed by atoms with Gasteiger partial charge in [0, 0.05) is 25.2 Å². The van der Waals surface area contributed by atoms with Crippen LogP contribution in [0.25, 0.3) is 0 Å². The van der Waals surface area contributed by atoms with Crippen molar-refractivity contribution in [3.05, 3.63) is 11.9 Å². The lowest BCUT2D eigenvalue weighted by Crippen LogP contribution is -2.28. The van der Waals surface area contributed by atoms with Gasteiger partial charge in [-0.15, -0.1) is 0 Å². The first-order valence-corrected chi connectivity index (χ1v) is 6.24. The van der Waals surface area contributed by atoms with Crippen LogP contribution in [0.15, 0.2) is 6.07 Å². The van der Waals surface area contributed by atoms with Crippen LogP contribution in [0.5, 0.6) is 0 Å². The molecule has 1 rings (SSSR count). The maximum absolute atomic E-state index is 10.6. The van der Waals surface area contributed by atoms with Crippen LogP contribution in [-0.2, 0) is 4.79 Å². The molecule has 0 unspecified atom stereocenters. The van der Waals surface area contributed by atoms with Gasteiger partial charge in [0.15, 0.2) is 0 Å². The first-order valence-electron chi connectivity index (χ1n) is 6.24. The third-order valence-electron chi connectivity index (χ3n) is 2.38. The molecule has 1 heterocycles. The number of nitrogens with one attached hydrogen (secondary N) is 1. The number of carboxylic acid groups (broad SMARTS) is 1. The van der Waals surface area contributed by atoms with E-state index >= 15 is 0 Å². The SMILES string of the molecule is Cc1nc(NC(C)(C)C)cc(N(C)CCC(=O)O)n1. The summed E-state index contributed by atoms with van der Waals surface area (Å²) in [4.78, 5) is 21.1. The second-order valence-corrected chi connectivity index (χ2v) is 5.60. The molecule has 1 aromatic rings. The van der Waals surface area contributed by atoms with Gasteiger partial charge >= 0.3 is 5.97 Å². The third kappa shape index (κ3) is 5.54. The maximum atomic E-state index is 10.6. The second kappa shape index (κ2) is 5.86. The molecule has 0 fully saturated rings. The Morgan fingerprint density at radius 2 is 2.05 bits per heavy atom. The van der Waals surface area contributed by atoms with Crippen LogP contribution in [0.1, 0.15) is 33.0 Å². The Labute approximate surface area is 113 Å². The summed E-state index contributed by atoms with van der Waals surface area (Å²) >= 11 is 0. The standard InChI is InChI=1S/C13H22N4O2/c1-9-14-10(16-13(2,3)4)8-11(15-9)17(5)7-6-12(18)19/h8H,6-7H2,1-5H3,(H,18,19)(H,14,15,16). The molecular weight excluding hydrogens is 244 g/mol. The van der Waals surface area contributed by atoms with E-state index in [0.717, 1.165) is 11.6 Å². The minimum Gasteiger partial charge on any atom is -0.481 e. The fraction of sp³-hybridized carbons (Fsp3) is 0.615. The molecule has 0 amide bonds. The van der Waals surface area contributed by atoms with Crippen molar-refractivity contribution in [2.24, 2.45) is 0 Å². The van der Waals surface area contributed by atoms with E-state index < -0.39 is 5.97 Å². The molecule has 0 spiro atoms. The number of carbonyl (C=O) groups is 1. The van der Waals surface area contributed by atoms with Crippen molar-refractivity contribution in [3.63, 3.8) is 0 Å². The van der Waals surface area contributed by atoms with Crippen molar-refractivity contribution >= 4 is 17.6 Å². The number of rotatable bonds is 5. The average molecular weight is 266 g/mol. The summed E-state index contributed by atoms with van der Waals surface area (Å²) in [6.07, 6.45) is 0.0849. The lowest BCUT2D eigenvalue weighted by atomic mass is 10.1. The van der Waals surface area contributed by atoms with Crippen LogP contribution in [0.2, 0.25) is 0 Å². The highest BCUT2D eigenvalue weighted by atomic mass is 16.4. The van der Waals surface area contributed by atoms with Crippen LogP contribution < -0.4 is 10.2 Å². The van der Waals surface area contributed by atoms with Crippen molar-refractivity contribution in [2.45, 2.75) is 39.7 Å². The van der Waals surface area contributed by atoms with Gasteiger partial charge in [0.2, 0.25) is 0 Å². The van der Waals surface area contributed by atoms with E-state index in [1.54, 1.807) is 0 Å². The predicted octanol–water partition coefficient (Wildman–Crippen LogP) is 1.91. The topological polar surface area (TPSA) is 78.4 Å². The molecule has 0 atom stereocenters. The number of aliphatic carboxylic acids is 1. The van der Waals surface area contributed by atoms with Crippen molar-refractivity contribution < 1.29 is 9.90 Å². The second-order valence-electron chi connectivity index (χ2n) is 5.60. The quantitative estimate of drug-likeness (QED) is 0.847. The van der Waals surface area contributed by atoms with Crippen molar-refractivity contribution in [3.8, 4) is 0 Å². The van der Waals surface area contributed by atoms with Crippen LogP contribution in [0.3, 0.4) is 0 Å². The summed E-state index contributed by atoms with van der Waals surface area (Å²) in [6.45, 7) is 8.40. The molecule has 6 heteroatoms. The number of hydrogen-bond donors (Lipinski definition) is 2. The van der Waals surface area contributed by atoms with E-state index in [2.05, 4.69) is 36.1 Å². The van der Waals surface area contributed by atoms with Gasteiger partial charge in [0.25, 0.3) is 0 Å². The minimum absolute atomic E-state index is 0.0849. The Balaban J connectivity index is 2.86. The van der Waals surface area contributed by atoms with Gasteiger partial charge < -0.3 is 15.3 Å². The van der Waals surface area contributed by atoms with Crippen LogP contribution >= 0.6 is 0 Å². The molecule has 106 valence electrons. The third-order valence-corrected chi connectivity index (χ3v) is 2.38. The molecule has 1 aromatic heterocycles. The van der Waals surface area contributed by atoms with Crippen molar-refractivity contribution in [1.29, 1.82) is 0 Å². The summed E-state index contributed by atoms with van der Waals surface area (Å²) in [5.41, 5.74) is -0.0856. The van der Waals surface area contributed by atoms with E-state index in [0.29, 0.717) is 12.4 Å². The Morgan fingerprint density at radius 1 is 1.42 bits per heavy atom. The fourth-order valence-corrected chi connectivity index (χ4v) is 1.57. The Bertz CT molecular complexity index is 454. The van der Waals surface area contributed by atoms with Crippen molar-refractivity contribution in [2.75, 3.05) is 23.8 Å². The molecule has 0 aliphatic heterocycles. The summed E-state index contributed by atoms with van der Waals surface area (Å²) in [7, 11) is 1.82. The van der Waals surface area contributed by atoms with E-state index in [-0.39, 0.29) is 12.0 Å². The molecule has 19 heavy (non-hydrogen) atoms. The summed E-state index contributed by atoms with van der Waals surface area (Å²) < 4.78 is 0. The smallest absolute Gasteiger partial charge is 0.305 e. The molecule has 0 bridgehead atoms. The molecule has 0 saturated heterocycles. The molecule has 0 radical (unpaired) electrons. The average Bonchev–Trinajstić information content (AvgIpc) is 2.22. The zero-order valence-corrected chi connectivity index (χ0v) is 12.2. The molecule has 2 N–H and O–H groups in total. The maximum Gasteiger partial charge on any atom is 0.305 e. The normalized spacial score (nSPS) is 11.2. The summed E-state index contributed by atoms with van der Waals surface area (Å²) in [6, 6.07) is 1.83. The van der Waals surface area contributed by atoms with E-state index in [4.69, 9.17) is 5.11 Å².